The van der Waals surface area contributed by atoms with Crippen molar-refractivity contribution in [3.63, 3.8) is 0 Å². The van der Waals surface area contributed by atoms with Crippen LogP contribution in [0.2, 0.25) is 0 Å². The third kappa shape index (κ3) is 2.36. The molecule has 0 saturated heterocycles. The highest BCUT2D eigenvalue weighted by Gasteiger charge is 2.10. The number of aryl methyl sites for hydroxylation is 1. The minimum Gasteiger partial charge on any atom is -0.368 e. The van der Waals surface area contributed by atoms with Crippen molar-refractivity contribution in [3.05, 3.63) is 35.9 Å². The highest BCUT2D eigenvalue weighted by atomic mass is 16.1. The molecule has 2 aromatic rings. The number of pyridine rings is 1. The molecular weight excluding hydrogens is 214 g/mol. The Morgan fingerprint density at radius 3 is 2.82 bits per heavy atom. The van der Waals surface area contributed by atoms with E-state index in [-0.39, 0.29) is 5.91 Å². The summed E-state index contributed by atoms with van der Waals surface area (Å²) in [5, 5.41) is 4.10. The van der Waals surface area contributed by atoms with Gasteiger partial charge in [0.1, 0.15) is 11.9 Å². The minimum absolute atomic E-state index is 0.389. The number of benzene rings is 1. The topological polar surface area (TPSA) is 68.0 Å². The Hall–Kier alpha value is -2.10. The summed E-state index contributed by atoms with van der Waals surface area (Å²) in [6, 6.07) is 9.47. The van der Waals surface area contributed by atoms with Crippen molar-refractivity contribution >= 4 is 22.6 Å². The fourth-order valence-corrected chi connectivity index (χ4v) is 1.64. The van der Waals surface area contributed by atoms with Crippen LogP contribution in [0, 0.1) is 6.92 Å². The lowest BCUT2D eigenvalue weighted by Crippen LogP contribution is -2.33. The van der Waals surface area contributed by atoms with Crippen LogP contribution in [0.4, 0.5) is 5.82 Å². The molecule has 0 aliphatic rings. The smallest absolute Gasteiger partial charge is 0.239 e. The molecule has 0 saturated carbocycles. The minimum atomic E-state index is -0.428. The van der Waals surface area contributed by atoms with Gasteiger partial charge in [0.2, 0.25) is 5.91 Å². The number of carbonyl (C=O) groups excluding carboxylic acids is 1. The maximum atomic E-state index is 11.0. The molecule has 0 fully saturated rings. The average molecular weight is 229 g/mol. The van der Waals surface area contributed by atoms with Gasteiger partial charge in [0.15, 0.2) is 0 Å². The van der Waals surface area contributed by atoms with Gasteiger partial charge >= 0.3 is 0 Å². The number of amides is 1. The number of para-hydroxylation sites is 1. The van der Waals surface area contributed by atoms with Gasteiger partial charge in [-0.1, -0.05) is 18.2 Å². The van der Waals surface area contributed by atoms with Crippen molar-refractivity contribution in [2.45, 2.75) is 19.9 Å². The van der Waals surface area contributed by atoms with Crippen LogP contribution in [-0.4, -0.2) is 16.9 Å². The van der Waals surface area contributed by atoms with E-state index < -0.39 is 6.04 Å². The van der Waals surface area contributed by atoms with Gasteiger partial charge in [0.05, 0.1) is 5.52 Å². The molecule has 2 rings (SSSR count). The largest absolute Gasteiger partial charge is 0.368 e. The second kappa shape index (κ2) is 4.41. The molecule has 88 valence electrons. The van der Waals surface area contributed by atoms with Crippen molar-refractivity contribution in [2.24, 2.45) is 5.73 Å². The van der Waals surface area contributed by atoms with Gasteiger partial charge in [0, 0.05) is 5.39 Å². The summed E-state index contributed by atoms with van der Waals surface area (Å²) in [6.45, 7) is 3.67. The van der Waals surface area contributed by atoms with E-state index in [1.807, 2.05) is 37.3 Å². The molecule has 0 spiro atoms. The Bertz CT molecular complexity index is 566. The molecule has 1 aromatic carbocycles. The molecule has 17 heavy (non-hydrogen) atoms. The molecule has 0 aliphatic carbocycles. The number of nitrogens with two attached hydrogens (primary N) is 1. The summed E-state index contributed by atoms with van der Waals surface area (Å²) >= 11 is 0. The van der Waals surface area contributed by atoms with E-state index in [0.717, 1.165) is 16.5 Å². The molecule has 4 nitrogen and oxygen atoms in total. The van der Waals surface area contributed by atoms with E-state index in [9.17, 15) is 4.79 Å². The normalized spacial score (nSPS) is 12.4. The van der Waals surface area contributed by atoms with Crippen molar-refractivity contribution in [2.75, 3.05) is 5.32 Å². The first kappa shape index (κ1) is 11.4. The highest BCUT2D eigenvalue weighted by molar-refractivity contribution is 5.85. The maximum absolute atomic E-state index is 11.0. The van der Waals surface area contributed by atoms with E-state index in [0.29, 0.717) is 5.82 Å². The van der Waals surface area contributed by atoms with Crippen LogP contribution in [-0.2, 0) is 4.79 Å². The van der Waals surface area contributed by atoms with Gasteiger partial charge < -0.3 is 11.1 Å². The third-order valence-electron chi connectivity index (χ3n) is 2.69. The number of rotatable bonds is 3. The number of nitrogens with zero attached hydrogens (tertiary/aromatic N) is 1. The van der Waals surface area contributed by atoms with Crippen LogP contribution in [0.5, 0.6) is 0 Å². The van der Waals surface area contributed by atoms with Gasteiger partial charge in [-0.05, 0) is 31.5 Å². The zero-order valence-corrected chi connectivity index (χ0v) is 9.90. The standard InChI is InChI=1S/C13H15N3O/c1-8-7-10-5-3-4-6-11(10)16-13(8)15-9(2)12(14)17/h3-7,9H,1-2H3,(H2,14,17)(H,15,16). The van der Waals surface area contributed by atoms with Crippen molar-refractivity contribution < 1.29 is 4.79 Å². The van der Waals surface area contributed by atoms with Crippen molar-refractivity contribution in [3.8, 4) is 0 Å². The predicted octanol–water partition coefficient (Wildman–Crippen LogP) is 1.83. The Balaban J connectivity index is 2.40. The molecule has 1 unspecified atom stereocenters. The van der Waals surface area contributed by atoms with Gasteiger partial charge in [0.25, 0.3) is 0 Å². The molecule has 3 N–H and O–H groups in total. The molecule has 1 atom stereocenters. The summed E-state index contributed by atoms with van der Waals surface area (Å²) < 4.78 is 0. The zero-order valence-electron chi connectivity index (χ0n) is 9.90. The number of hydrogen-bond acceptors (Lipinski definition) is 3. The van der Waals surface area contributed by atoms with E-state index >= 15 is 0 Å². The number of anilines is 1. The summed E-state index contributed by atoms with van der Waals surface area (Å²) in [5.74, 6) is 0.314. The first-order valence-corrected chi connectivity index (χ1v) is 5.50. The molecule has 0 radical (unpaired) electrons. The second-order valence-corrected chi connectivity index (χ2v) is 4.11. The molecule has 0 aliphatic heterocycles. The third-order valence-corrected chi connectivity index (χ3v) is 2.69. The average Bonchev–Trinajstić information content (AvgIpc) is 2.29. The summed E-state index contributed by atoms with van der Waals surface area (Å²) in [4.78, 5) is 15.5. The first-order chi connectivity index (χ1) is 8.08. The number of nitrogens with one attached hydrogen (secondary N) is 1. The van der Waals surface area contributed by atoms with Crippen LogP contribution >= 0.6 is 0 Å². The number of primary amides is 1. The van der Waals surface area contributed by atoms with Gasteiger partial charge in [-0.3, -0.25) is 4.79 Å². The van der Waals surface area contributed by atoms with E-state index in [4.69, 9.17) is 5.73 Å². The number of aromatic nitrogens is 1. The van der Waals surface area contributed by atoms with E-state index in [2.05, 4.69) is 10.3 Å². The Labute approximate surface area is 99.8 Å². The highest BCUT2D eigenvalue weighted by Crippen LogP contribution is 2.19. The predicted molar refractivity (Wildman–Crippen MR) is 68.8 cm³/mol. The lowest BCUT2D eigenvalue weighted by Gasteiger charge is -2.13. The zero-order chi connectivity index (χ0) is 12.4. The van der Waals surface area contributed by atoms with Crippen LogP contribution < -0.4 is 11.1 Å². The van der Waals surface area contributed by atoms with Gasteiger partial charge in [-0.2, -0.15) is 0 Å². The van der Waals surface area contributed by atoms with Crippen LogP contribution in [0.25, 0.3) is 10.9 Å². The van der Waals surface area contributed by atoms with Crippen LogP contribution in [0.1, 0.15) is 12.5 Å². The monoisotopic (exact) mass is 229 g/mol. The van der Waals surface area contributed by atoms with Crippen molar-refractivity contribution in [1.82, 2.24) is 4.98 Å². The Morgan fingerprint density at radius 1 is 1.41 bits per heavy atom. The Morgan fingerprint density at radius 2 is 2.12 bits per heavy atom. The lowest BCUT2D eigenvalue weighted by atomic mass is 10.1. The summed E-state index contributed by atoms with van der Waals surface area (Å²) in [6.07, 6.45) is 0. The molecule has 1 aromatic heterocycles. The van der Waals surface area contributed by atoms with Crippen LogP contribution in [0.15, 0.2) is 30.3 Å². The Kier molecular flexibility index (Phi) is 2.95. The quantitative estimate of drug-likeness (QED) is 0.843. The number of hydrogen-bond donors (Lipinski definition) is 2. The molecule has 0 bridgehead atoms. The summed E-state index contributed by atoms with van der Waals surface area (Å²) in [7, 11) is 0. The number of carbonyl (C=O) groups is 1. The van der Waals surface area contributed by atoms with Gasteiger partial charge in [-0.25, -0.2) is 4.98 Å². The van der Waals surface area contributed by atoms with E-state index in [1.165, 1.54) is 0 Å². The lowest BCUT2D eigenvalue weighted by molar-refractivity contribution is -0.118. The maximum Gasteiger partial charge on any atom is 0.239 e. The van der Waals surface area contributed by atoms with Crippen LogP contribution in [0.3, 0.4) is 0 Å². The SMILES string of the molecule is Cc1cc2ccccc2nc1NC(C)C(N)=O. The molecular formula is C13H15N3O. The van der Waals surface area contributed by atoms with E-state index in [1.54, 1.807) is 6.92 Å². The fraction of sp³-hybridized carbons (Fsp3) is 0.231. The molecule has 1 heterocycles. The van der Waals surface area contributed by atoms with Crippen molar-refractivity contribution in [1.29, 1.82) is 0 Å². The first-order valence-electron chi connectivity index (χ1n) is 5.50. The van der Waals surface area contributed by atoms with Gasteiger partial charge in [-0.15, -0.1) is 0 Å². The molecule has 4 heteroatoms. The second-order valence-electron chi connectivity index (χ2n) is 4.11. The molecule has 1 amide bonds. The number of fused-ring (bicyclic) bond motifs is 1. The summed E-state index contributed by atoms with van der Waals surface area (Å²) in [5.41, 5.74) is 7.11. The fourth-order valence-electron chi connectivity index (χ4n) is 1.64.